The zero-order valence-corrected chi connectivity index (χ0v) is 12.5. The third-order valence-electron chi connectivity index (χ3n) is 3.58. The molecule has 0 aliphatic carbocycles. The quantitative estimate of drug-likeness (QED) is 0.880. The molecule has 2 rings (SSSR count). The Morgan fingerprint density at radius 2 is 1.90 bits per heavy atom. The molecule has 2 aromatic rings. The first-order chi connectivity index (χ1) is 10.1. The van der Waals surface area contributed by atoms with Gasteiger partial charge in [0.05, 0.1) is 6.20 Å². The predicted molar refractivity (Wildman–Crippen MR) is 82.3 cm³/mol. The third-order valence-corrected chi connectivity index (χ3v) is 3.58. The predicted octanol–water partition coefficient (Wildman–Crippen LogP) is 1.84. The van der Waals surface area contributed by atoms with Gasteiger partial charge < -0.3 is 9.67 Å². The molecule has 112 valence electrons. The zero-order chi connectivity index (χ0) is 15.2. The van der Waals surface area contributed by atoms with Crippen molar-refractivity contribution in [2.45, 2.75) is 26.9 Å². The standard InChI is InChI=1S/C16H21N3O2/c1-3-18(4-2)11-14-9-15(20)16(21)12-19(14)10-13-5-7-17-8-6-13/h5-9,12,21H,3-4,10-11H2,1-2H3. The molecule has 5 heteroatoms. The van der Waals surface area contributed by atoms with Crippen molar-refractivity contribution >= 4 is 0 Å². The Morgan fingerprint density at radius 3 is 2.52 bits per heavy atom. The van der Waals surface area contributed by atoms with Crippen molar-refractivity contribution in [1.29, 1.82) is 0 Å². The average Bonchev–Trinajstić information content (AvgIpc) is 2.50. The Labute approximate surface area is 124 Å². The van der Waals surface area contributed by atoms with Gasteiger partial charge in [0.2, 0.25) is 5.43 Å². The molecule has 0 bridgehead atoms. The minimum absolute atomic E-state index is 0.215. The van der Waals surface area contributed by atoms with Gasteiger partial charge in [-0.1, -0.05) is 13.8 Å². The van der Waals surface area contributed by atoms with E-state index in [0.717, 1.165) is 24.3 Å². The van der Waals surface area contributed by atoms with Gasteiger partial charge >= 0.3 is 0 Å². The molecule has 0 unspecified atom stereocenters. The minimum Gasteiger partial charge on any atom is -0.503 e. The van der Waals surface area contributed by atoms with Crippen LogP contribution < -0.4 is 5.43 Å². The molecule has 5 nitrogen and oxygen atoms in total. The van der Waals surface area contributed by atoms with Crippen LogP contribution in [0.1, 0.15) is 25.1 Å². The second-order valence-electron chi connectivity index (χ2n) is 4.96. The number of pyridine rings is 2. The molecule has 0 amide bonds. The Morgan fingerprint density at radius 1 is 1.24 bits per heavy atom. The second-order valence-corrected chi connectivity index (χ2v) is 4.96. The zero-order valence-electron chi connectivity index (χ0n) is 12.5. The van der Waals surface area contributed by atoms with E-state index in [1.165, 1.54) is 12.3 Å². The number of aromatic hydroxyl groups is 1. The summed E-state index contributed by atoms with van der Waals surface area (Å²) in [7, 11) is 0. The molecule has 2 heterocycles. The largest absolute Gasteiger partial charge is 0.503 e. The fourth-order valence-electron chi connectivity index (χ4n) is 2.25. The molecule has 0 spiro atoms. The highest BCUT2D eigenvalue weighted by Gasteiger charge is 2.09. The summed E-state index contributed by atoms with van der Waals surface area (Å²) in [6, 6.07) is 5.38. The first-order valence-electron chi connectivity index (χ1n) is 7.17. The van der Waals surface area contributed by atoms with Gasteiger partial charge in [-0.25, -0.2) is 0 Å². The van der Waals surface area contributed by atoms with Crippen LogP contribution in [0, 0.1) is 0 Å². The van der Waals surface area contributed by atoms with Crippen molar-refractivity contribution in [3.05, 3.63) is 58.3 Å². The molecular weight excluding hydrogens is 266 g/mol. The third kappa shape index (κ3) is 3.92. The summed E-state index contributed by atoms with van der Waals surface area (Å²) in [6.07, 6.45) is 4.99. The van der Waals surface area contributed by atoms with Crippen molar-refractivity contribution < 1.29 is 5.11 Å². The van der Waals surface area contributed by atoms with Crippen LogP contribution >= 0.6 is 0 Å². The van der Waals surface area contributed by atoms with Gasteiger partial charge in [0.15, 0.2) is 5.75 Å². The molecule has 0 radical (unpaired) electrons. The summed E-state index contributed by atoms with van der Waals surface area (Å²) in [5.74, 6) is -0.215. The van der Waals surface area contributed by atoms with Gasteiger partial charge in [0, 0.05) is 37.2 Å². The smallest absolute Gasteiger partial charge is 0.223 e. The Balaban J connectivity index is 2.34. The van der Waals surface area contributed by atoms with E-state index in [2.05, 4.69) is 23.7 Å². The molecule has 0 saturated heterocycles. The van der Waals surface area contributed by atoms with Gasteiger partial charge in [0.1, 0.15) is 0 Å². The minimum atomic E-state index is -0.330. The van der Waals surface area contributed by atoms with E-state index in [1.807, 2.05) is 16.7 Å². The van der Waals surface area contributed by atoms with Crippen molar-refractivity contribution in [3.8, 4) is 5.75 Å². The molecule has 1 N–H and O–H groups in total. The van der Waals surface area contributed by atoms with Crippen LogP contribution in [0.4, 0.5) is 0 Å². The van der Waals surface area contributed by atoms with Crippen LogP contribution in [-0.4, -0.2) is 32.6 Å². The van der Waals surface area contributed by atoms with E-state index >= 15 is 0 Å². The molecule has 0 fully saturated rings. The molecule has 2 aromatic heterocycles. The van der Waals surface area contributed by atoms with Gasteiger partial charge in [-0.15, -0.1) is 0 Å². The lowest BCUT2D eigenvalue weighted by Crippen LogP contribution is -2.26. The Kier molecular flexibility index (Phi) is 5.11. The van der Waals surface area contributed by atoms with E-state index in [1.54, 1.807) is 12.4 Å². The SMILES string of the molecule is CCN(CC)Cc1cc(=O)c(O)cn1Cc1ccncc1. The number of nitrogens with zero attached hydrogens (tertiary/aromatic N) is 3. The van der Waals surface area contributed by atoms with Crippen molar-refractivity contribution in [2.24, 2.45) is 0 Å². The number of hydrogen-bond donors (Lipinski definition) is 1. The maximum absolute atomic E-state index is 11.7. The van der Waals surface area contributed by atoms with E-state index < -0.39 is 0 Å². The topological polar surface area (TPSA) is 58.4 Å². The fraction of sp³-hybridized carbons (Fsp3) is 0.375. The highest BCUT2D eigenvalue weighted by molar-refractivity contribution is 5.22. The van der Waals surface area contributed by atoms with Gasteiger partial charge in [-0.2, -0.15) is 0 Å². The summed E-state index contributed by atoms with van der Waals surface area (Å²) in [5, 5.41) is 9.69. The van der Waals surface area contributed by atoms with E-state index in [-0.39, 0.29) is 11.2 Å². The first kappa shape index (κ1) is 15.3. The lowest BCUT2D eigenvalue weighted by atomic mass is 10.2. The molecule has 0 aliphatic heterocycles. The number of aromatic nitrogens is 2. The van der Waals surface area contributed by atoms with Gasteiger partial charge in [0.25, 0.3) is 0 Å². The molecule has 0 aliphatic rings. The normalized spacial score (nSPS) is 11.0. The van der Waals surface area contributed by atoms with E-state index in [4.69, 9.17) is 0 Å². The Bertz CT molecular complexity index is 634. The molecule has 0 atom stereocenters. The summed E-state index contributed by atoms with van der Waals surface area (Å²) in [6.45, 7) is 7.31. The molecular formula is C16H21N3O2. The van der Waals surface area contributed by atoms with Crippen molar-refractivity contribution in [3.63, 3.8) is 0 Å². The lowest BCUT2D eigenvalue weighted by molar-refractivity contribution is 0.286. The first-order valence-corrected chi connectivity index (χ1v) is 7.17. The summed E-state index contributed by atoms with van der Waals surface area (Å²) in [5.41, 5.74) is 1.65. The highest BCUT2D eigenvalue weighted by Crippen LogP contribution is 2.11. The molecule has 0 saturated carbocycles. The van der Waals surface area contributed by atoms with Crippen LogP contribution in [0.15, 0.2) is 41.6 Å². The lowest BCUT2D eigenvalue weighted by Gasteiger charge is -2.21. The van der Waals surface area contributed by atoms with Crippen LogP contribution in [0.25, 0.3) is 0 Å². The number of rotatable bonds is 6. The maximum Gasteiger partial charge on any atom is 0.223 e. The summed E-state index contributed by atoms with van der Waals surface area (Å²) in [4.78, 5) is 17.9. The average molecular weight is 287 g/mol. The van der Waals surface area contributed by atoms with Crippen LogP contribution in [0.5, 0.6) is 5.75 Å². The molecule has 0 aromatic carbocycles. The van der Waals surface area contributed by atoms with Crippen molar-refractivity contribution in [1.82, 2.24) is 14.5 Å². The van der Waals surface area contributed by atoms with E-state index in [0.29, 0.717) is 13.1 Å². The van der Waals surface area contributed by atoms with Crippen LogP contribution in [0.2, 0.25) is 0 Å². The fourth-order valence-corrected chi connectivity index (χ4v) is 2.25. The highest BCUT2D eigenvalue weighted by atomic mass is 16.3. The van der Waals surface area contributed by atoms with Crippen molar-refractivity contribution in [2.75, 3.05) is 13.1 Å². The number of hydrogen-bond acceptors (Lipinski definition) is 4. The van der Waals surface area contributed by atoms with Gasteiger partial charge in [-0.05, 0) is 30.8 Å². The summed E-state index contributed by atoms with van der Waals surface area (Å²) >= 11 is 0. The maximum atomic E-state index is 11.7. The Hall–Kier alpha value is -2.14. The van der Waals surface area contributed by atoms with Crippen LogP contribution in [-0.2, 0) is 13.1 Å². The van der Waals surface area contributed by atoms with E-state index in [9.17, 15) is 9.90 Å². The van der Waals surface area contributed by atoms with Crippen LogP contribution in [0.3, 0.4) is 0 Å². The molecule has 21 heavy (non-hydrogen) atoms. The monoisotopic (exact) mass is 287 g/mol. The van der Waals surface area contributed by atoms with Gasteiger partial charge in [-0.3, -0.25) is 14.7 Å². The second kappa shape index (κ2) is 7.04. The summed E-state index contributed by atoms with van der Waals surface area (Å²) < 4.78 is 1.92.